The zero-order valence-corrected chi connectivity index (χ0v) is 11.1. The van der Waals surface area contributed by atoms with Gasteiger partial charge in [0.2, 0.25) is 0 Å². The molecule has 0 saturated carbocycles. The summed E-state index contributed by atoms with van der Waals surface area (Å²) in [5, 5.41) is 10.5. The van der Waals surface area contributed by atoms with Gasteiger partial charge in [-0.25, -0.2) is 0 Å². The van der Waals surface area contributed by atoms with Gasteiger partial charge >= 0.3 is 0 Å². The Hall–Kier alpha value is -2.62. The lowest BCUT2D eigenvalue weighted by atomic mass is 10.2. The summed E-state index contributed by atoms with van der Waals surface area (Å²) in [6, 6.07) is 12.8. The lowest BCUT2D eigenvalue weighted by Gasteiger charge is -2.09. The van der Waals surface area contributed by atoms with Gasteiger partial charge < -0.3 is 19.6 Å². The summed E-state index contributed by atoms with van der Waals surface area (Å²) in [7, 11) is 1.62. The highest BCUT2D eigenvalue weighted by Crippen LogP contribution is 2.28. The third kappa shape index (κ3) is 2.28. The normalized spacial score (nSPS) is 10.7. The molecule has 0 aliphatic rings. The maximum absolute atomic E-state index is 9.57. The van der Waals surface area contributed by atoms with Gasteiger partial charge in [-0.1, -0.05) is 12.1 Å². The van der Waals surface area contributed by atoms with Crippen molar-refractivity contribution in [3.63, 3.8) is 0 Å². The van der Waals surface area contributed by atoms with E-state index in [0.29, 0.717) is 18.1 Å². The quantitative estimate of drug-likeness (QED) is 0.762. The molecule has 0 bridgehead atoms. The van der Waals surface area contributed by atoms with E-state index in [1.54, 1.807) is 19.2 Å². The Morgan fingerprint density at radius 3 is 2.70 bits per heavy atom. The lowest BCUT2D eigenvalue weighted by molar-refractivity contribution is 0.285. The molecule has 2 aromatic carbocycles. The highest BCUT2D eigenvalue weighted by molar-refractivity contribution is 5.84. The van der Waals surface area contributed by atoms with Gasteiger partial charge in [-0.15, -0.1) is 0 Å². The van der Waals surface area contributed by atoms with Crippen molar-refractivity contribution < 1.29 is 14.6 Å². The zero-order chi connectivity index (χ0) is 13.9. The Kier molecular flexibility index (Phi) is 3.21. The fourth-order valence-electron chi connectivity index (χ4n) is 2.18. The second-order valence-electron chi connectivity index (χ2n) is 4.48. The van der Waals surface area contributed by atoms with Crippen molar-refractivity contribution in [3.8, 4) is 17.2 Å². The molecule has 1 aromatic heterocycles. The standard InChI is InChI=1S/C16H15NO3/c1-19-15-4-2-3-5-16(15)20-10-11-9-17-14-7-6-12(18)8-13(11)14/h2-9,17-18H,10H2,1H3. The van der Waals surface area contributed by atoms with Crippen molar-refractivity contribution in [2.75, 3.05) is 7.11 Å². The number of benzene rings is 2. The maximum Gasteiger partial charge on any atom is 0.161 e. The molecule has 0 aliphatic heterocycles. The summed E-state index contributed by atoms with van der Waals surface area (Å²) >= 11 is 0. The van der Waals surface area contributed by atoms with E-state index in [2.05, 4.69) is 4.98 Å². The van der Waals surface area contributed by atoms with E-state index in [9.17, 15) is 5.11 Å². The molecule has 0 radical (unpaired) electrons. The van der Waals surface area contributed by atoms with Crippen LogP contribution in [0.15, 0.2) is 48.7 Å². The molecule has 0 aliphatic carbocycles. The van der Waals surface area contributed by atoms with E-state index in [0.717, 1.165) is 16.5 Å². The number of aromatic amines is 1. The van der Waals surface area contributed by atoms with Crippen LogP contribution in [0.1, 0.15) is 5.56 Å². The van der Waals surface area contributed by atoms with Crippen LogP contribution < -0.4 is 9.47 Å². The number of aromatic hydroxyl groups is 1. The largest absolute Gasteiger partial charge is 0.508 e. The molecular weight excluding hydrogens is 254 g/mol. The first-order chi connectivity index (χ1) is 9.78. The number of nitrogens with one attached hydrogen (secondary N) is 1. The topological polar surface area (TPSA) is 54.5 Å². The number of H-pyrrole nitrogens is 1. The molecule has 0 saturated heterocycles. The lowest BCUT2D eigenvalue weighted by Crippen LogP contribution is -1.96. The number of hydrogen-bond acceptors (Lipinski definition) is 3. The van der Waals surface area contributed by atoms with Crippen LogP contribution in [0.4, 0.5) is 0 Å². The SMILES string of the molecule is COc1ccccc1OCc1c[nH]c2ccc(O)cc12. The monoisotopic (exact) mass is 269 g/mol. The van der Waals surface area contributed by atoms with Crippen molar-refractivity contribution in [3.05, 3.63) is 54.2 Å². The van der Waals surface area contributed by atoms with E-state index in [1.807, 2.05) is 36.5 Å². The van der Waals surface area contributed by atoms with Crippen LogP contribution in [-0.4, -0.2) is 17.2 Å². The minimum absolute atomic E-state index is 0.246. The summed E-state index contributed by atoms with van der Waals surface area (Å²) in [5.74, 6) is 1.65. The molecule has 2 N–H and O–H groups in total. The van der Waals surface area contributed by atoms with Crippen LogP contribution >= 0.6 is 0 Å². The number of hydrogen-bond donors (Lipinski definition) is 2. The van der Waals surface area contributed by atoms with Gasteiger partial charge in [-0.2, -0.15) is 0 Å². The van der Waals surface area contributed by atoms with E-state index in [-0.39, 0.29) is 5.75 Å². The average Bonchev–Trinajstić information content (AvgIpc) is 2.87. The summed E-state index contributed by atoms with van der Waals surface area (Å²) in [6.07, 6.45) is 1.89. The van der Waals surface area contributed by atoms with Gasteiger partial charge in [0.05, 0.1) is 7.11 Å². The second kappa shape index (κ2) is 5.17. The van der Waals surface area contributed by atoms with Gasteiger partial charge in [0.25, 0.3) is 0 Å². The number of fused-ring (bicyclic) bond motifs is 1. The average molecular weight is 269 g/mol. The first-order valence-electron chi connectivity index (χ1n) is 6.33. The summed E-state index contributed by atoms with van der Waals surface area (Å²) in [5.41, 5.74) is 1.96. The minimum Gasteiger partial charge on any atom is -0.508 e. The van der Waals surface area contributed by atoms with E-state index in [4.69, 9.17) is 9.47 Å². The molecule has 0 amide bonds. The Bertz CT molecular complexity index is 733. The molecule has 3 rings (SSSR count). The number of methoxy groups -OCH3 is 1. The fraction of sp³-hybridized carbons (Fsp3) is 0.125. The molecule has 0 atom stereocenters. The number of ether oxygens (including phenoxy) is 2. The number of phenolic OH excluding ortho intramolecular Hbond substituents is 1. The molecule has 0 unspecified atom stereocenters. The zero-order valence-electron chi connectivity index (χ0n) is 11.1. The summed E-state index contributed by atoms with van der Waals surface area (Å²) in [4.78, 5) is 3.16. The number of phenols is 1. The van der Waals surface area contributed by atoms with Crippen LogP contribution in [0.3, 0.4) is 0 Å². The minimum atomic E-state index is 0.246. The van der Waals surface area contributed by atoms with Crippen molar-refractivity contribution in [1.29, 1.82) is 0 Å². The van der Waals surface area contributed by atoms with Crippen LogP contribution in [0.2, 0.25) is 0 Å². The molecule has 1 heterocycles. The van der Waals surface area contributed by atoms with Gasteiger partial charge in [0.15, 0.2) is 11.5 Å². The molecule has 3 aromatic rings. The van der Waals surface area contributed by atoms with Crippen molar-refractivity contribution in [1.82, 2.24) is 4.98 Å². The predicted octanol–water partition coefficient (Wildman–Crippen LogP) is 3.46. The molecule has 20 heavy (non-hydrogen) atoms. The van der Waals surface area contributed by atoms with E-state index in [1.165, 1.54) is 0 Å². The smallest absolute Gasteiger partial charge is 0.161 e. The molecule has 4 heteroatoms. The maximum atomic E-state index is 9.57. The second-order valence-corrected chi connectivity index (χ2v) is 4.48. The van der Waals surface area contributed by atoms with Crippen LogP contribution in [-0.2, 0) is 6.61 Å². The number of aromatic nitrogens is 1. The van der Waals surface area contributed by atoms with Gasteiger partial charge in [0, 0.05) is 22.7 Å². The van der Waals surface area contributed by atoms with Crippen LogP contribution in [0.5, 0.6) is 17.2 Å². The highest BCUT2D eigenvalue weighted by atomic mass is 16.5. The van der Waals surface area contributed by atoms with Gasteiger partial charge in [0.1, 0.15) is 12.4 Å². The Morgan fingerprint density at radius 2 is 1.90 bits per heavy atom. The first kappa shape index (κ1) is 12.4. The fourth-order valence-corrected chi connectivity index (χ4v) is 2.18. The third-order valence-corrected chi connectivity index (χ3v) is 3.20. The Balaban J connectivity index is 1.85. The van der Waals surface area contributed by atoms with Crippen molar-refractivity contribution in [2.45, 2.75) is 6.61 Å². The molecule has 102 valence electrons. The van der Waals surface area contributed by atoms with Crippen LogP contribution in [0, 0.1) is 0 Å². The number of para-hydroxylation sites is 2. The van der Waals surface area contributed by atoms with Gasteiger partial charge in [-0.05, 0) is 30.3 Å². The van der Waals surface area contributed by atoms with Crippen molar-refractivity contribution >= 4 is 10.9 Å². The molecule has 0 spiro atoms. The number of rotatable bonds is 4. The molecular formula is C16H15NO3. The van der Waals surface area contributed by atoms with Crippen LogP contribution in [0.25, 0.3) is 10.9 Å². The highest BCUT2D eigenvalue weighted by Gasteiger charge is 2.07. The van der Waals surface area contributed by atoms with E-state index < -0.39 is 0 Å². The van der Waals surface area contributed by atoms with Gasteiger partial charge in [-0.3, -0.25) is 0 Å². The molecule has 4 nitrogen and oxygen atoms in total. The van der Waals surface area contributed by atoms with E-state index >= 15 is 0 Å². The predicted molar refractivity (Wildman–Crippen MR) is 77.3 cm³/mol. The summed E-state index contributed by atoms with van der Waals surface area (Å²) < 4.78 is 11.0. The first-order valence-corrected chi connectivity index (χ1v) is 6.33. The summed E-state index contributed by atoms with van der Waals surface area (Å²) in [6.45, 7) is 0.407. The Labute approximate surface area is 116 Å². The Morgan fingerprint density at radius 1 is 1.10 bits per heavy atom. The van der Waals surface area contributed by atoms with Crippen molar-refractivity contribution in [2.24, 2.45) is 0 Å². The molecule has 0 fully saturated rings. The third-order valence-electron chi connectivity index (χ3n) is 3.20.